The molecule has 1 amide bonds. The Morgan fingerprint density at radius 2 is 2.10 bits per heavy atom. The largest absolute Gasteiger partial charge is 0.467 e. The second kappa shape index (κ2) is 6.91. The van der Waals surface area contributed by atoms with E-state index in [2.05, 4.69) is 10.1 Å². The lowest BCUT2D eigenvalue weighted by Gasteiger charge is -2.32. The van der Waals surface area contributed by atoms with Crippen molar-refractivity contribution in [3.05, 3.63) is 35.9 Å². The number of esters is 1. The number of amides is 1. The predicted octanol–water partition coefficient (Wildman–Crippen LogP) is 1.24. The van der Waals surface area contributed by atoms with Gasteiger partial charge in [0.15, 0.2) is 6.04 Å². The average Bonchev–Trinajstić information content (AvgIpc) is 2.43. The van der Waals surface area contributed by atoms with Crippen LogP contribution in [-0.2, 0) is 25.6 Å². The van der Waals surface area contributed by atoms with Crippen molar-refractivity contribution in [2.75, 3.05) is 13.7 Å². The van der Waals surface area contributed by atoms with Crippen molar-refractivity contribution in [1.29, 1.82) is 0 Å². The lowest BCUT2D eigenvalue weighted by Crippen LogP contribution is -2.54. The maximum absolute atomic E-state index is 11.7. The second-order valence-electron chi connectivity index (χ2n) is 4.40. The van der Waals surface area contributed by atoms with Gasteiger partial charge in [-0.25, -0.2) is 9.59 Å². The van der Waals surface area contributed by atoms with Crippen molar-refractivity contribution < 1.29 is 23.8 Å². The number of methoxy groups -OCH3 is 1. The maximum atomic E-state index is 11.7. The summed E-state index contributed by atoms with van der Waals surface area (Å²) in [4.78, 5) is 23.3. The van der Waals surface area contributed by atoms with Gasteiger partial charge in [0.1, 0.15) is 6.61 Å². The number of hydrogen-bond donors (Lipinski definition) is 1. The smallest absolute Gasteiger partial charge is 0.408 e. The van der Waals surface area contributed by atoms with Gasteiger partial charge in [-0.15, -0.1) is 0 Å². The van der Waals surface area contributed by atoms with Crippen LogP contribution in [0.4, 0.5) is 4.79 Å². The minimum atomic E-state index is -0.822. The fourth-order valence-electron chi connectivity index (χ4n) is 1.84. The molecule has 2 rings (SSSR count). The van der Waals surface area contributed by atoms with Crippen molar-refractivity contribution in [2.24, 2.45) is 0 Å². The summed E-state index contributed by atoms with van der Waals surface area (Å²) in [6.07, 6.45) is -0.301. The zero-order chi connectivity index (χ0) is 14.4. The molecule has 0 aromatic heterocycles. The highest BCUT2D eigenvalue weighted by Gasteiger charge is 2.36. The molecule has 1 aliphatic rings. The molecule has 0 radical (unpaired) electrons. The van der Waals surface area contributed by atoms with Gasteiger partial charge in [0.25, 0.3) is 0 Å². The first-order chi connectivity index (χ1) is 9.70. The molecule has 108 valence electrons. The lowest BCUT2D eigenvalue weighted by molar-refractivity contribution is -0.153. The third-order valence-electron chi connectivity index (χ3n) is 3.05. The van der Waals surface area contributed by atoms with Gasteiger partial charge in [-0.3, -0.25) is 0 Å². The molecule has 0 bridgehead atoms. The monoisotopic (exact) mass is 279 g/mol. The molecular weight excluding hydrogens is 262 g/mol. The van der Waals surface area contributed by atoms with Crippen molar-refractivity contribution in [2.45, 2.75) is 25.2 Å². The average molecular weight is 279 g/mol. The Bertz CT molecular complexity index is 458. The van der Waals surface area contributed by atoms with E-state index >= 15 is 0 Å². The van der Waals surface area contributed by atoms with Crippen LogP contribution in [0.3, 0.4) is 0 Å². The summed E-state index contributed by atoms with van der Waals surface area (Å²) >= 11 is 0. The van der Waals surface area contributed by atoms with E-state index in [1.165, 1.54) is 7.11 Å². The van der Waals surface area contributed by atoms with E-state index in [9.17, 15) is 9.59 Å². The minimum Gasteiger partial charge on any atom is -0.467 e. The molecule has 1 N–H and O–H groups in total. The summed E-state index contributed by atoms with van der Waals surface area (Å²) in [5, 5.41) is 2.48. The number of benzene rings is 1. The van der Waals surface area contributed by atoms with E-state index in [0.29, 0.717) is 13.0 Å². The van der Waals surface area contributed by atoms with E-state index in [1.807, 2.05) is 30.3 Å². The third-order valence-corrected chi connectivity index (χ3v) is 3.05. The SMILES string of the molecule is COC(=O)C(NC(=O)OCc1ccccc1)C1CCO1. The van der Waals surface area contributed by atoms with E-state index in [1.54, 1.807) is 0 Å². The highest BCUT2D eigenvalue weighted by atomic mass is 16.6. The summed E-state index contributed by atoms with van der Waals surface area (Å²) in [6, 6.07) is 8.47. The number of alkyl carbamates (subject to hydrolysis) is 1. The fraction of sp³-hybridized carbons (Fsp3) is 0.429. The Morgan fingerprint density at radius 3 is 2.65 bits per heavy atom. The number of ether oxygens (including phenoxy) is 3. The van der Waals surface area contributed by atoms with Crippen molar-refractivity contribution >= 4 is 12.1 Å². The standard InChI is InChI=1S/C14H17NO5/c1-18-13(16)12(11-7-8-19-11)15-14(17)20-9-10-5-3-2-4-6-10/h2-6,11-12H,7-9H2,1H3,(H,15,17). The number of nitrogens with one attached hydrogen (secondary N) is 1. The molecule has 1 aromatic rings. The van der Waals surface area contributed by atoms with Crippen LogP contribution in [0.15, 0.2) is 30.3 Å². The summed E-state index contributed by atoms with van der Waals surface area (Å²) in [7, 11) is 1.27. The zero-order valence-corrected chi connectivity index (χ0v) is 11.2. The van der Waals surface area contributed by atoms with Gasteiger partial charge in [0, 0.05) is 6.61 Å². The van der Waals surface area contributed by atoms with Crippen molar-refractivity contribution in [3.63, 3.8) is 0 Å². The third kappa shape index (κ3) is 3.71. The van der Waals surface area contributed by atoms with Crippen LogP contribution in [0.5, 0.6) is 0 Å². The van der Waals surface area contributed by atoms with Gasteiger partial charge in [0.2, 0.25) is 0 Å². The van der Waals surface area contributed by atoms with Crippen LogP contribution >= 0.6 is 0 Å². The Labute approximate surface area is 117 Å². The highest BCUT2D eigenvalue weighted by Crippen LogP contribution is 2.16. The van der Waals surface area contributed by atoms with Crippen LogP contribution < -0.4 is 5.32 Å². The Kier molecular flexibility index (Phi) is 4.95. The topological polar surface area (TPSA) is 73.9 Å². The van der Waals surface area contributed by atoms with Gasteiger partial charge in [-0.05, 0) is 12.0 Å². The van der Waals surface area contributed by atoms with Gasteiger partial charge >= 0.3 is 12.1 Å². The van der Waals surface area contributed by atoms with E-state index in [-0.39, 0.29) is 12.7 Å². The van der Waals surface area contributed by atoms with Gasteiger partial charge in [-0.2, -0.15) is 0 Å². The van der Waals surface area contributed by atoms with E-state index < -0.39 is 18.1 Å². The Balaban J connectivity index is 1.83. The molecule has 1 saturated heterocycles. The van der Waals surface area contributed by atoms with Crippen LogP contribution in [-0.4, -0.2) is 37.9 Å². The first-order valence-electron chi connectivity index (χ1n) is 6.37. The molecule has 2 unspecified atom stereocenters. The normalized spacial score (nSPS) is 18.6. The first-order valence-corrected chi connectivity index (χ1v) is 6.37. The molecule has 1 heterocycles. The molecule has 20 heavy (non-hydrogen) atoms. The van der Waals surface area contributed by atoms with E-state index in [0.717, 1.165) is 5.56 Å². The van der Waals surface area contributed by atoms with Crippen LogP contribution in [0, 0.1) is 0 Å². The predicted molar refractivity (Wildman–Crippen MR) is 69.9 cm³/mol. The van der Waals surface area contributed by atoms with Crippen LogP contribution in [0.2, 0.25) is 0 Å². The summed E-state index contributed by atoms with van der Waals surface area (Å²) in [6.45, 7) is 0.727. The molecule has 1 aliphatic heterocycles. The fourth-order valence-corrected chi connectivity index (χ4v) is 1.84. The number of hydrogen-bond acceptors (Lipinski definition) is 5. The molecular formula is C14H17NO5. The molecule has 0 spiro atoms. The van der Waals surface area contributed by atoms with Crippen LogP contribution in [0.1, 0.15) is 12.0 Å². The minimum absolute atomic E-state index is 0.145. The highest BCUT2D eigenvalue weighted by molar-refractivity contribution is 5.82. The van der Waals surface area contributed by atoms with Gasteiger partial charge in [-0.1, -0.05) is 30.3 Å². The van der Waals surface area contributed by atoms with Crippen molar-refractivity contribution in [1.82, 2.24) is 5.32 Å². The van der Waals surface area contributed by atoms with Crippen LogP contribution in [0.25, 0.3) is 0 Å². The van der Waals surface area contributed by atoms with Gasteiger partial charge < -0.3 is 19.5 Å². The van der Waals surface area contributed by atoms with Gasteiger partial charge in [0.05, 0.1) is 13.2 Å². The molecule has 1 aromatic carbocycles. The summed E-state index contributed by atoms with van der Waals surface area (Å²) in [5.41, 5.74) is 0.872. The molecule has 6 heteroatoms. The number of rotatable bonds is 5. The van der Waals surface area contributed by atoms with E-state index in [4.69, 9.17) is 9.47 Å². The number of carbonyl (C=O) groups excluding carboxylic acids is 2. The molecule has 1 fully saturated rings. The summed E-state index contributed by atoms with van der Waals surface area (Å²) in [5.74, 6) is -0.536. The first kappa shape index (κ1) is 14.3. The molecule has 2 atom stereocenters. The molecule has 0 saturated carbocycles. The Hall–Kier alpha value is -2.08. The lowest BCUT2D eigenvalue weighted by atomic mass is 10.0. The summed E-state index contributed by atoms with van der Waals surface area (Å²) < 4.78 is 14.9. The Morgan fingerprint density at radius 1 is 1.40 bits per heavy atom. The molecule has 6 nitrogen and oxygen atoms in total. The zero-order valence-electron chi connectivity index (χ0n) is 11.2. The second-order valence-corrected chi connectivity index (χ2v) is 4.40. The quantitative estimate of drug-likeness (QED) is 0.821. The molecule has 0 aliphatic carbocycles. The maximum Gasteiger partial charge on any atom is 0.408 e. The number of carbonyl (C=O) groups is 2. The van der Waals surface area contributed by atoms with Crippen molar-refractivity contribution in [3.8, 4) is 0 Å².